The molecule has 3 heteroatoms. The number of hydrogen-bond acceptors (Lipinski definition) is 3. The molecule has 1 saturated heterocycles. The van der Waals surface area contributed by atoms with Crippen LogP contribution in [0.5, 0.6) is 0 Å². The van der Waals surface area contributed by atoms with Crippen LogP contribution < -0.4 is 5.32 Å². The van der Waals surface area contributed by atoms with Crippen molar-refractivity contribution in [2.24, 2.45) is 5.92 Å². The first-order chi connectivity index (χ1) is 9.03. The van der Waals surface area contributed by atoms with E-state index in [0.717, 1.165) is 5.92 Å². The van der Waals surface area contributed by atoms with Crippen LogP contribution in [0.3, 0.4) is 0 Å². The molecule has 2 fully saturated rings. The van der Waals surface area contributed by atoms with E-state index in [0.29, 0.717) is 11.6 Å². The topological polar surface area (TPSA) is 18.5 Å². The van der Waals surface area contributed by atoms with Gasteiger partial charge in [0.15, 0.2) is 0 Å². The van der Waals surface area contributed by atoms with Gasteiger partial charge in [-0.15, -0.1) is 0 Å². The summed E-state index contributed by atoms with van der Waals surface area (Å²) in [6, 6.07) is 0.694. The molecular weight excluding hydrogens is 234 g/mol. The van der Waals surface area contributed by atoms with Gasteiger partial charge in [0, 0.05) is 37.8 Å². The molecule has 0 amide bonds. The van der Waals surface area contributed by atoms with Gasteiger partial charge < -0.3 is 5.32 Å². The second kappa shape index (κ2) is 6.55. The lowest BCUT2D eigenvalue weighted by molar-refractivity contribution is 0.0303. The standard InChI is InChI=1S/C16H33N3/c1-16(2)13-19(11-10-18(16)4)12-15(17-3)14-8-6-5-7-9-14/h14-15,17H,5-13H2,1-4H3. The van der Waals surface area contributed by atoms with Crippen LogP contribution in [0.4, 0.5) is 0 Å². The van der Waals surface area contributed by atoms with Gasteiger partial charge in [-0.3, -0.25) is 9.80 Å². The highest BCUT2D eigenvalue weighted by Gasteiger charge is 2.33. The molecule has 0 radical (unpaired) electrons. The van der Waals surface area contributed by atoms with Crippen molar-refractivity contribution >= 4 is 0 Å². The zero-order valence-corrected chi connectivity index (χ0v) is 13.4. The predicted molar refractivity (Wildman–Crippen MR) is 82.6 cm³/mol. The Labute approximate surface area is 119 Å². The molecule has 1 unspecified atom stereocenters. The van der Waals surface area contributed by atoms with Crippen molar-refractivity contribution in [2.75, 3.05) is 40.3 Å². The van der Waals surface area contributed by atoms with Gasteiger partial charge in [-0.25, -0.2) is 0 Å². The van der Waals surface area contributed by atoms with Crippen LogP contribution in [0.1, 0.15) is 46.0 Å². The van der Waals surface area contributed by atoms with E-state index in [1.54, 1.807) is 0 Å². The molecule has 1 heterocycles. The Morgan fingerprint density at radius 2 is 1.84 bits per heavy atom. The lowest BCUT2D eigenvalue weighted by Crippen LogP contribution is -2.59. The van der Waals surface area contributed by atoms with Gasteiger partial charge in [0.05, 0.1) is 0 Å². The van der Waals surface area contributed by atoms with Crippen molar-refractivity contribution in [3.63, 3.8) is 0 Å². The molecule has 3 nitrogen and oxygen atoms in total. The fourth-order valence-electron chi connectivity index (χ4n) is 3.79. The molecule has 0 bridgehead atoms. The number of hydrogen-bond donors (Lipinski definition) is 1. The van der Waals surface area contributed by atoms with Crippen molar-refractivity contribution in [3.8, 4) is 0 Å². The average molecular weight is 267 g/mol. The van der Waals surface area contributed by atoms with Crippen LogP contribution >= 0.6 is 0 Å². The molecule has 1 N–H and O–H groups in total. The number of piperazine rings is 1. The fraction of sp³-hybridized carbons (Fsp3) is 1.00. The minimum Gasteiger partial charge on any atom is -0.315 e. The summed E-state index contributed by atoms with van der Waals surface area (Å²) in [5.41, 5.74) is 0.323. The van der Waals surface area contributed by atoms with E-state index in [1.807, 2.05) is 0 Å². The summed E-state index contributed by atoms with van der Waals surface area (Å²) in [4.78, 5) is 5.17. The van der Waals surface area contributed by atoms with Crippen molar-refractivity contribution in [2.45, 2.75) is 57.5 Å². The average Bonchev–Trinajstić information content (AvgIpc) is 2.41. The molecule has 0 spiro atoms. The molecular formula is C16H33N3. The van der Waals surface area contributed by atoms with E-state index >= 15 is 0 Å². The molecule has 2 rings (SSSR count). The molecule has 1 atom stereocenters. The zero-order chi connectivity index (χ0) is 13.9. The van der Waals surface area contributed by atoms with Gasteiger partial charge in [-0.05, 0) is 46.7 Å². The second-order valence-electron chi connectivity index (χ2n) is 7.26. The normalized spacial score (nSPS) is 28.4. The largest absolute Gasteiger partial charge is 0.315 e. The van der Waals surface area contributed by atoms with Crippen LogP contribution in [-0.4, -0.2) is 61.7 Å². The molecule has 112 valence electrons. The van der Waals surface area contributed by atoms with Crippen molar-refractivity contribution < 1.29 is 0 Å². The van der Waals surface area contributed by atoms with E-state index in [-0.39, 0.29) is 0 Å². The minimum absolute atomic E-state index is 0.323. The van der Waals surface area contributed by atoms with Gasteiger partial charge in [-0.1, -0.05) is 19.3 Å². The maximum atomic E-state index is 3.60. The Balaban J connectivity index is 1.87. The summed E-state index contributed by atoms with van der Waals surface area (Å²) in [6.07, 6.45) is 7.20. The molecule has 0 aromatic carbocycles. The first-order valence-corrected chi connectivity index (χ1v) is 8.14. The quantitative estimate of drug-likeness (QED) is 0.842. The Bertz CT molecular complexity index is 271. The molecule has 2 aliphatic rings. The van der Waals surface area contributed by atoms with Crippen molar-refractivity contribution in [3.05, 3.63) is 0 Å². The molecule has 19 heavy (non-hydrogen) atoms. The van der Waals surface area contributed by atoms with Crippen LogP contribution in [-0.2, 0) is 0 Å². The van der Waals surface area contributed by atoms with E-state index < -0.39 is 0 Å². The third-order valence-corrected chi connectivity index (χ3v) is 5.44. The predicted octanol–water partition coefficient (Wildman–Crippen LogP) is 2.18. The third kappa shape index (κ3) is 3.93. The molecule has 0 aromatic heterocycles. The Morgan fingerprint density at radius 1 is 1.16 bits per heavy atom. The zero-order valence-electron chi connectivity index (χ0n) is 13.4. The first-order valence-electron chi connectivity index (χ1n) is 8.14. The molecule has 1 aliphatic carbocycles. The Morgan fingerprint density at radius 3 is 2.42 bits per heavy atom. The third-order valence-electron chi connectivity index (χ3n) is 5.44. The Kier molecular flexibility index (Phi) is 5.27. The fourth-order valence-corrected chi connectivity index (χ4v) is 3.79. The number of nitrogens with one attached hydrogen (secondary N) is 1. The second-order valence-corrected chi connectivity index (χ2v) is 7.26. The summed E-state index contributed by atoms with van der Waals surface area (Å²) < 4.78 is 0. The monoisotopic (exact) mass is 267 g/mol. The first kappa shape index (κ1) is 15.3. The summed E-state index contributed by atoms with van der Waals surface area (Å²) in [5.74, 6) is 0.904. The van der Waals surface area contributed by atoms with Gasteiger partial charge in [0.2, 0.25) is 0 Å². The maximum Gasteiger partial charge on any atom is 0.0277 e. The Hall–Kier alpha value is -0.120. The van der Waals surface area contributed by atoms with Crippen LogP contribution in [0.15, 0.2) is 0 Å². The lowest BCUT2D eigenvalue weighted by atomic mass is 9.83. The van der Waals surface area contributed by atoms with Crippen LogP contribution in [0.2, 0.25) is 0 Å². The highest BCUT2D eigenvalue weighted by Crippen LogP contribution is 2.27. The van der Waals surface area contributed by atoms with Crippen molar-refractivity contribution in [1.29, 1.82) is 0 Å². The summed E-state index contributed by atoms with van der Waals surface area (Å²) in [7, 11) is 4.41. The summed E-state index contributed by atoms with van der Waals surface area (Å²) in [5, 5.41) is 3.60. The number of likely N-dealkylation sites (N-methyl/N-ethyl adjacent to an activating group) is 2. The lowest BCUT2D eigenvalue weighted by Gasteiger charge is -2.47. The van der Waals surface area contributed by atoms with E-state index in [9.17, 15) is 0 Å². The molecule has 1 saturated carbocycles. The highest BCUT2D eigenvalue weighted by molar-refractivity contribution is 4.90. The molecule has 0 aromatic rings. The van der Waals surface area contributed by atoms with Crippen LogP contribution in [0.25, 0.3) is 0 Å². The number of nitrogens with zero attached hydrogens (tertiary/aromatic N) is 2. The van der Waals surface area contributed by atoms with E-state index in [2.05, 4.69) is 43.1 Å². The summed E-state index contributed by atoms with van der Waals surface area (Å²) >= 11 is 0. The summed E-state index contributed by atoms with van der Waals surface area (Å²) in [6.45, 7) is 9.61. The van der Waals surface area contributed by atoms with Crippen LogP contribution in [0, 0.1) is 5.92 Å². The highest BCUT2D eigenvalue weighted by atomic mass is 15.3. The van der Waals surface area contributed by atoms with Crippen molar-refractivity contribution in [1.82, 2.24) is 15.1 Å². The van der Waals surface area contributed by atoms with Gasteiger partial charge in [0.25, 0.3) is 0 Å². The van der Waals surface area contributed by atoms with E-state index in [1.165, 1.54) is 58.3 Å². The SMILES string of the molecule is CNC(CN1CCN(C)C(C)(C)C1)C1CCCCC1. The van der Waals surface area contributed by atoms with Gasteiger partial charge in [-0.2, -0.15) is 0 Å². The van der Waals surface area contributed by atoms with E-state index in [4.69, 9.17) is 0 Å². The minimum atomic E-state index is 0.323. The molecule has 1 aliphatic heterocycles. The van der Waals surface area contributed by atoms with Gasteiger partial charge >= 0.3 is 0 Å². The maximum absolute atomic E-state index is 3.60. The van der Waals surface area contributed by atoms with Gasteiger partial charge in [0.1, 0.15) is 0 Å². The smallest absolute Gasteiger partial charge is 0.0277 e. The number of rotatable bonds is 4.